The third-order valence-corrected chi connectivity index (χ3v) is 7.55. The van der Waals surface area contributed by atoms with Crippen molar-refractivity contribution in [2.75, 3.05) is 38.1 Å². The number of nitrogens with zero attached hydrogens (tertiary/aromatic N) is 2. The molecule has 0 bridgehead atoms. The fourth-order valence-electron chi connectivity index (χ4n) is 3.80. The van der Waals surface area contributed by atoms with E-state index in [9.17, 15) is 18.0 Å². The molecule has 8 nitrogen and oxygen atoms in total. The highest BCUT2D eigenvalue weighted by atomic mass is 32.2. The van der Waals surface area contributed by atoms with E-state index in [4.69, 9.17) is 4.74 Å². The molecule has 1 aliphatic rings. The van der Waals surface area contributed by atoms with E-state index in [1.807, 2.05) is 4.90 Å². The maximum atomic E-state index is 13.0. The zero-order valence-corrected chi connectivity index (χ0v) is 19.9. The van der Waals surface area contributed by atoms with Gasteiger partial charge in [-0.2, -0.15) is 0 Å². The molecule has 1 fully saturated rings. The number of carbonyl (C=O) groups is 2. The molecule has 0 aromatic heterocycles. The summed E-state index contributed by atoms with van der Waals surface area (Å²) in [5.41, 5.74) is 0.796. The van der Waals surface area contributed by atoms with Gasteiger partial charge in [-0.15, -0.1) is 0 Å². The third kappa shape index (κ3) is 6.04. The SMILES string of the molecule is COc1ccccc1N(C)S(=O)(=O)c1ccc(C(=O)NCCCN2CCCCCC2=O)cc1. The van der Waals surface area contributed by atoms with Gasteiger partial charge in [0.1, 0.15) is 5.75 Å². The second kappa shape index (κ2) is 11.2. The first-order valence-electron chi connectivity index (χ1n) is 11.1. The summed E-state index contributed by atoms with van der Waals surface area (Å²) < 4.78 is 32.5. The fourth-order valence-corrected chi connectivity index (χ4v) is 5.01. The van der Waals surface area contributed by atoms with E-state index in [1.165, 1.54) is 38.4 Å². The van der Waals surface area contributed by atoms with Crippen molar-refractivity contribution >= 4 is 27.5 Å². The number of rotatable bonds is 9. The van der Waals surface area contributed by atoms with Crippen molar-refractivity contribution < 1.29 is 22.7 Å². The van der Waals surface area contributed by atoms with Crippen molar-refractivity contribution in [2.45, 2.75) is 37.0 Å². The molecule has 0 atom stereocenters. The van der Waals surface area contributed by atoms with Crippen molar-refractivity contribution in [3.05, 3.63) is 54.1 Å². The van der Waals surface area contributed by atoms with Crippen LogP contribution < -0.4 is 14.4 Å². The average Bonchev–Trinajstić information content (AvgIpc) is 3.05. The summed E-state index contributed by atoms with van der Waals surface area (Å²) in [6.07, 6.45) is 4.34. The lowest BCUT2D eigenvalue weighted by Gasteiger charge is -2.21. The van der Waals surface area contributed by atoms with Crippen LogP contribution in [0.2, 0.25) is 0 Å². The van der Waals surface area contributed by atoms with Crippen LogP contribution in [0.3, 0.4) is 0 Å². The van der Waals surface area contributed by atoms with Crippen LogP contribution >= 0.6 is 0 Å². The zero-order valence-electron chi connectivity index (χ0n) is 19.1. The number of likely N-dealkylation sites (tertiary alicyclic amines) is 1. The Hall–Kier alpha value is -3.07. The van der Waals surface area contributed by atoms with Crippen LogP contribution in [-0.4, -0.2) is 58.9 Å². The van der Waals surface area contributed by atoms with Crippen LogP contribution in [0.15, 0.2) is 53.4 Å². The molecule has 9 heteroatoms. The minimum absolute atomic E-state index is 0.0760. The van der Waals surface area contributed by atoms with Gasteiger partial charge < -0.3 is 15.0 Å². The number of anilines is 1. The predicted molar refractivity (Wildman–Crippen MR) is 127 cm³/mol. The number of methoxy groups -OCH3 is 1. The van der Waals surface area contributed by atoms with Crippen LogP contribution in [0.1, 0.15) is 42.5 Å². The molecule has 1 aliphatic heterocycles. The average molecular weight is 474 g/mol. The van der Waals surface area contributed by atoms with E-state index in [2.05, 4.69) is 5.32 Å². The molecule has 33 heavy (non-hydrogen) atoms. The summed E-state index contributed by atoms with van der Waals surface area (Å²) in [7, 11) is -0.879. The van der Waals surface area contributed by atoms with Crippen molar-refractivity contribution in [1.82, 2.24) is 10.2 Å². The van der Waals surface area contributed by atoms with Gasteiger partial charge in [0.25, 0.3) is 15.9 Å². The Labute approximate surface area is 195 Å². The highest BCUT2D eigenvalue weighted by Gasteiger charge is 2.24. The van der Waals surface area contributed by atoms with Crippen LogP contribution in [0.4, 0.5) is 5.69 Å². The zero-order chi connectivity index (χ0) is 23.8. The van der Waals surface area contributed by atoms with Gasteiger partial charge in [-0.1, -0.05) is 18.6 Å². The van der Waals surface area contributed by atoms with Crippen molar-refractivity contribution in [3.63, 3.8) is 0 Å². The van der Waals surface area contributed by atoms with Gasteiger partial charge in [-0.05, 0) is 55.7 Å². The lowest BCUT2D eigenvalue weighted by atomic mass is 10.2. The molecule has 2 aromatic carbocycles. The summed E-state index contributed by atoms with van der Waals surface area (Å²) in [5, 5.41) is 2.84. The van der Waals surface area contributed by atoms with Gasteiger partial charge in [0.15, 0.2) is 0 Å². The Balaban J connectivity index is 1.57. The highest BCUT2D eigenvalue weighted by molar-refractivity contribution is 7.92. The molecule has 0 spiro atoms. The second-order valence-electron chi connectivity index (χ2n) is 7.97. The molecule has 0 unspecified atom stereocenters. The standard InChI is InChI=1S/C24H31N3O5S/c1-26(21-9-5-6-10-22(21)32-2)33(30,31)20-14-12-19(13-15-20)24(29)25-16-8-18-27-17-7-3-4-11-23(27)28/h5-6,9-10,12-15H,3-4,7-8,11,16-18H2,1-2H3,(H,25,29). The Morgan fingerprint density at radius 2 is 1.82 bits per heavy atom. The van der Waals surface area contributed by atoms with Gasteiger partial charge in [-0.3, -0.25) is 13.9 Å². The molecular formula is C24H31N3O5S. The second-order valence-corrected chi connectivity index (χ2v) is 9.94. The minimum Gasteiger partial charge on any atom is -0.495 e. The van der Waals surface area contributed by atoms with E-state index in [0.29, 0.717) is 42.9 Å². The van der Waals surface area contributed by atoms with E-state index in [-0.39, 0.29) is 16.7 Å². The number of nitrogens with one attached hydrogen (secondary N) is 1. The molecule has 2 aromatic rings. The van der Waals surface area contributed by atoms with Crippen LogP contribution in [0, 0.1) is 0 Å². The first-order valence-corrected chi connectivity index (χ1v) is 12.6. The smallest absolute Gasteiger partial charge is 0.264 e. The Kier molecular flexibility index (Phi) is 8.32. The van der Waals surface area contributed by atoms with Crippen LogP contribution in [-0.2, 0) is 14.8 Å². The summed E-state index contributed by atoms with van der Waals surface area (Å²) in [4.78, 5) is 26.4. The Bertz CT molecular complexity index is 1070. The molecule has 1 saturated heterocycles. The maximum Gasteiger partial charge on any atom is 0.264 e. The first-order chi connectivity index (χ1) is 15.8. The fraction of sp³-hybridized carbons (Fsp3) is 0.417. The Morgan fingerprint density at radius 1 is 1.09 bits per heavy atom. The maximum absolute atomic E-state index is 13.0. The summed E-state index contributed by atoms with van der Waals surface area (Å²) in [5.74, 6) is 0.356. The number of sulfonamides is 1. The lowest BCUT2D eigenvalue weighted by Crippen LogP contribution is -2.34. The van der Waals surface area contributed by atoms with E-state index in [0.717, 1.165) is 30.1 Å². The largest absolute Gasteiger partial charge is 0.495 e. The molecule has 1 N–H and O–H groups in total. The number of para-hydroxylation sites is 2. The highest BCUT2D eigenvalue weighted by Crippen LogP contribution is 2.30. The van der Waals surface area contributed by atoms with E-state index in [1.54, 1.807) is 24.3 Å². The lowest BCUT2D eigenvalue weighted by molar-refractivity contribution is -0.130. The third-order valence-electron chi connectivity index (χ3n) is 5.76. The molecule has 178 valence electrons. The monoisotopic (exact) mass is 473 g/mol. The normalized spacial score (nSPS) is 14.5. The molecule has 0 aliphatic carbocycles. The summed E-state index contributed by atoms with van der Waals surface area (Å²) in [6.45, 7) is 1.86. The van der Waals surface area contributed by atoms with Gasteiger partial charge in [0, 0.05) is 38.7 Å². The van der Waals surface area contributed by atoms with Crippen molar-refractivity contribution in [1.29, 1.82) is 0 Å². The number of hydrogen-bond acceptors (Lipinski definition) is 5. The summed E-state index contributed by atoms with van der Waals surface area (Å²) >= 11 is 0. The Morgan fingerprint density at radius 3 is 2.55 bits per heavy atom. The van der Waals surface area contributed by atoms with Gasteiger partial charge >= 0.3 is 0 Å². The molecular weight excluding hydrogens is 442 g/mol. The molecule has 2 amide bonds. The quantitative estimate of drug-likeness (QED) is 0.565. The van der Waals surface area contributed by atoms with Crippen molar-refractivity contribution in [2.24, 2.45) is 0 Å². The van der Waals surface area contributed by atoms with Crippen LogP contribution in [0.25, 0.3) is 0 Å². The topological polar surface area (TPSA) is 96.0 Å². The van der Waals surface area contributed by atoms with Gasteiger partial charge in [0.2, 0.25) is 5.91 Å². The van der Waals surface area contributed by atoms with Gasteiger partial charge in [-0.25, -0.2) is 8.42 Å². The number of ether oxygens (including phenoxy) is 1. The van der Waals surface area contributed by atoms with E-state index < -0.39 is 10.0 Å². The number of benzene rings is 2. The molecule has 0 radical (unpaired) electrons. The van der Waals surface area contributed by atoms with E-state index >= 15 is 0 Å². The minimum atomic E-state index is -3.82. The van der Waals surface area contributed by atoms with Crippen molar-refractivity contribution in [3.8, 4) is 5.75 Å². The van der Waals surface area contributed by atoms with Gasteiger partial charge in [0.05, 0.1) is 17.7 Å². The van der Waals surface area contributed by atoms with Crippen LogP contribution in [0.5, 0.6) is 5.75 Å². The molecule has 1 heterocycles. The predicted octanol–water partition coefficient (Wildman–Crippen LogP) is 3.04. The number of amides is 2. The first kappa shape index (κ1) is 24.6. The number of carbonyl (C=O) groups excluding carboxylic acids is 2. The molecule has 3 rings (SSSR count). The summed E-state index contributed by atoms with van der Waals surface area (Å²) in [6, 6.07) is 12.7. The number of hydrogen-bond donors (Lipinski definition) is 1. The molecule has 0 saturated carbocycles.